The van der Waals surface area contributed by atoms with Crippen molar-refractivity contribution in [3.63, 3.8) is 0 Å². The maximum Gasteiger partial charge on any atom is 0.412 e. The molecule has 1 rings (SSSR count). The second kappa shape index (κ2) is 7.26. The summed E-state index contributed by atoms with van der Waals surface area (Å²) in [6.07, 6.45) is -1.51. The summed E-state index contributed by atoms with van der Waals surface area (Å²) < 4.78 is 24.2. The number of hydrogen-bond acceptors (Lipinski definition) is 4. The summed E-state index contributed by atoms with van der Waals surface area (Å²) in [5.41, 5.74) is 5.64. The van der Waals surface area contributed by atoms with E-state index in [-0.39, 0.29) is 13.0 Å². The number of alkyl halides is 1. The van der Waals surface area contributed by atoms with E-state index in [1.165, 1.54) is 7.11 Å². The zero-order valence-electron chi connectivity index (χ0n) is 12.9. The molecule has 3 N–H and O–H groups in total. The summed E-state index contributed by atoms with van der Waals surface area (Å²) in [6.45, 7) is 5.58. The highest BCUT2D eigenvalue weighted by Crippen LogP contribution is 2.31. The molecule has 118 valence electrons. The van der Waals surface area contributed by atoms with Crippen molar-refractivity contribution >= 4 is 11.8 Å². The van der Waals surface area contributed by atoms with Gasteiger partial charge in [-0.3, -0.25) is 5.32 Å². The fraction of sp³-hybridized carbons (Fsp3) is 0.533. The highest BCUT2D eigenvalue weighted by Gasteiger charge is 2.18. The van der Waals surface area contributed by atoms with Crippen LogP contribution >= 0.6 is 0 Å². The Morgan fingerprint density at radius 2 is 2.10 bits per heavy atom. The van der Waals surface area contributed by atoms with E-state index in [0.29, 0.717) is 17.0 Å². The number of hydrogen-bond donors (Lipinski definition) is 2. The molecular weight excluding hydrogens is 275 g/mol. The molecule has 1 amide bonds. The Morgan fingerprint density at radius 1 is 1.43 bits per heavy atom. The van der Waals surface area contributed by atoms with Crippen LogP contribution in [0.3, 0.4) is 0 Å². The van der Waals surface area contributed by atoms with Gasteiger partial charge in [0.05, 0.1) is 12.8 Å². The molecule has 0 radical (unpaired) electrons. The number of halogens is 1. The third kappa shape index (κ3) is 5.59. The van der Waals surface area contributed by atoms with Gasteiger partial charge < -0.3 is 15.2 Å². The van der Waals surface area contributed by atoms with Crippen molar-refractivity contribution in [2.45, 2.75) is 39.0 Å². The van der Waals surface area contributed by atoms with Crippen LogP contribution in [0, 0.1) is 0 Å². The first kappa shape index (κ1) is 17.2. The van der Waals surface area contributed by atoms with Crippen molar-refractivity contribution in [1.29, 1.82) is 0 Å². The Balaban J connectivity index is 2.86. The van der Waals surface area contributed by atoms with E-state index in [0.717, 1.165) is 0 Å². The minimum absolute atomic E-state index is 0.238. The molecule has 5 nitrogen and oxygen atoms in total. The lowest BCUT2D eigenvalue weighted by Gasteiger charge is -2.20. The first-order valence-corrected chi connectivity index (χ1v) is 6.79. The highest BCUT2D eigenvalue weighted by atomic mass is 19.1. The molecule has 0 saturated carbocycles. The number of carbonyl (C=O) groups excluding carboxylic acids is 1. The fourth-order valence-electron chi connectivity index (χ4n) is 1.73. The normalized spacial score (nSPS) is 12.7. The second-order valence-corrected chi connectivity index (χ2v) is 5.63. The number of anilines is 1. The van der Waals surface area contributed by atoms with Gasteiger partial charge in [-0.15, -0.1) is 0 Å². The molecule has 1 aromatic carbocycles. The quantitative estimate of drug-likeness (QED) is 0.873. The highest BCUT2D eigenvalue weighted by molar-refractivity contribution is 5.87. The molecule has 0 saturated heterocycles. The first-order valence-electron chi connectivity index (χ1n) is 6.79. The summed E-state index contributed by atoms with van der Waals surface area (Å²) in [4.78, 5) is 11.7. The van der Waals surface area contributed by atoms with Crippen LogP contribution in [0.1, 0.15) is 38.9 Å². The molecule has 1 aromatic rings. The van der Waals surface area contributed by atoms with Crippen molar-refractivity contribution in [3.05, 3.63) is 23.8 Å². The van der Waals surface area contributed by atoms with Gasteiger partial charge in [-0.05, 0) is 51.4 Å². The van der Waals surface area contributed by atoms with Crippen LogP contribution in [0.5, 0.6) is 5.75 Å². The molecule has 0 fully saturated rings. The van der Waals surface area contributed by atoms with E-state index in [9.17, 15) is 9.18 Å². The van der Waals surface area contributed by atoms with Crippen LogP contribution in [-0.4, -0.2) is 25.3 Å². The maximum absolute atomic E-state index is 13.8. The van der Waals surface area contributed by atoms with Crippen LogP contribution in [-0.2, 0) is 4.74 Å². The SMILES string of the molecule is COc1cc(C(F)CCN)ccc1NC(=O)OC(C)(C)C. The van der Waals surface area contributed by atoms with Crippen molar-refractivity contribution in [1.82, 2.24) is 0 Å². The predicted octanol–water partition coefficient (Wildman–Crippen LogP) is 3.40. The molecule has 0 bridgehead atoms. The Morgan fingerprint density at radius 3 is 2.62 bits per heavy atom. The molecule has 0 aromatic heterocycles. The average molecular weight is 298 g/mol. The topological polar surface area (TPSA) is 73.6 Å². The van der Waals surface area contributed by atoms with Crippen molar-refractivity contribution in [2.24, 2.45) is 5.73 Å². The molecule has 6 heteroatoms. The van der Waals surface area contributed by atoms with Crippen LogP contribution in [0.2, 0.25) is 0 Å². The molecule has 0 heterocycles. The van der Waals surface area contributed by atoms with Crippen LogP contribution in [0.4, 0.5) is 14.9 Å². The van der Waals surface area contributed by atoms with E-state index in [4.69, 9.17) is 15.2 Å². The van der Waals surface area contributed by atoms with Crippen molar-refractivity contribution in [3.8, 4) is 5.75 Å². The van der Waals surface area contributed by atoms with E-state index in [2.05, 4.69) is 5.32 Å². The van der Waals surface area contributed by atoms with Crippen LogP contribution in [0.15, 0.2) is 18.2 Å². The van der Waals surface area contributed by atoms with Gasteiger partial charge >= 0.3 is 6.09 Å². The summed E-state index contributed by atoms with van der Waals surface area (Å²) in [5, 5.41) is 2.58. The zero-order valence-corrected chi connectivity index (χ0v) is 12.9. The van der Waals surface area contributed by atoms with Crippen molar-refractivity contribution < 1.29 is 18.7 Å². The van der Waals surface area contributed by atoms with Gasteiger partial charge in [0.2, 0.25) is 0 Å². The lowest BCUT2D eigenvalue weighted by atomic mass is 10.1. The molecule has 0 aliphatic heterocycles. The van der Waals surface area contributed by atoms with Gasteiger partial charge in [0.15, 0.2) is 0 Å². The summed E-state index contributed by atoms with van der Waals surface area (Å²) in [6, 6.07) is 4.73. The number of rotatable bonds is 5. The van der Waals surface area contributed by atoms with Gasteiger partial charge in [-0.2, -0.15) is 0 Å². The maximum atomic E-state index is 13.8. The molecule has 0 aliphatic rings. The van der Waals surface area contributed by atoms with E-state index >= 15 is 0 Å². The number of methoxy groups -OCH3 is 1. The predicted molar refractivity (Wildman–Crippen MR) is 80.4 cm³/mol. The number of carbonyl (C=O) groups is 1. The van der Waals surface area contributed by atoms with Gasteiger partial charge in [0, 0.05) is 0 Å². The van der Waals surface area contributed by atoms with E-state index in [1.54, 1.807) is 39.0 Å². The number of ether oxygens (including phenoxy) is 2. The van der Waals surface area contributed by atoms with E-state index < -0.39 is 17.9 Å². The molecule has 0 aliphatic carbocycles. The Hall–Kier alpha value is -1.82. The number of amides is 1. The summed E-state index contributed by atoms with van der Waals surface area (Å²) in [5.74, 6) is 0.373. The first-order chi connectivity index (χ1) is 9.76. The monoisotopic (exact) mass is 298 g/mol. The smallest absolute Gasteiger partial charge is 0.412 e. The molecule has 21 heavy (non-hydrogen) atoms. The summed E-state index contributed by atoms with van der Waals surface area (Å²) in [7, 11) is 1.45. The second-order valence-electron chi connectivity index (χ2n) is 5.63. The molecule has 1 unspecified atom stereocenters. The van der Waals surface area contributed by atoms with E-state index in [1.807, 2.05) is 0 Å². The number of nitrogens with one attached hydrogen (secondary N) is 1. The summed E-state index contributed by atoms with van der Waals surface area (Å²) >= 11 is 0. The zero-order chi connectivity index (χ0) is 16.0. The van der Waals surface area contributed by atoms with Gasteiger partial charge in [-0.1, -0.05) is 6.07 Å². The van der Waals surface area contributed by atoms with Crippen LogP contribution in [0.25, 0.3) is 0 Å². The van der Waals surface area contributed by atoms with Gasteiger partial charge in [-0.25, -0.2) is 9.18 Å². The Kier molecular flexibility index (Phi) is 5.96. The third-order valence-electron chi connectivity index (χ3n) is 2.64. The third-order valence-corrected chi connectivity index (χ3v) is 2.64. The standard InChI is InChI=1S/C15H23FN2O3/c1-15(2,3)21-14(19)18-12-6-5-10(9-13(12)20-4)11(16)7-8-17/h5-6,9,11H,7-8,17H2,1-4H3,(H,18,19). The largest absolute Gasteiger partial charge is 0.495 e. The molecule has 1 atom stereocenters. The fourth-order valence-corrected chi connectivity index (χ4v) is 1.73. The van der Waals surface area contributed by atoms with Crippen molar-refractivity contribution in [2.75, 3.05) is 19.0 Å². The number of benzene rings is 1. The lowest BCUT2D eigenvalue weighted by Crippen LogP contribution is -2.27. The van der Waals surface area contributed by atoms with Crippen LogP contribution < -0.4 is 15.8 Å². The minimum Gasteiger partial charge on any atom is -0.495 e. The Bertz CT molecular complexity index is 486. The van der Waals surface area contributed by atoms with Gasteiger partial charge in [0.25, 0.3) is 0 Å². The minimum atomic E-state index is -1.15. The molecular formula is C15H23FN2O3. The average Bonchev–Trinajstić information content (AvgIpc) is 2.37. The van der Waals surface area contributed by atoms with Gasteiger partial charge in [0.1, 0.15) is 17.5 Å². The lowest BCUT2D eigenvalue weighted by molar-refractivity contribution is 0.0635. The Labute approximate surface area is 124 Å². The molecule has 0 spiro atoms. The number of nitrogens with two attached hydrogens (primary N) is 1.